The highest BCUT2D eigenvalue weighted by atomic mass is 16.5. The lowest BCUT2D eigenvalue weighted by Crippen LogP contribution is -2.00. The highest BCUT2D eigenvalue weighted by Crippen LogP contribution is 2.25. The second-order valence-corrected chi connectivity index (χ2v) is 4.04. The topological polar surface area (TPSA) is 48.1 Å². The summed E-state index contributed by atoms with van der Waals surface area (Å²) in [5, 5.41) is 0. The van der Waals surface area contributed by atoms with Gasteiger partial charge in [-0.2, -0.15) is 0 Å². The van der Waals surface area contributed by atoms with E-state index in [1.807, 2.05) is 24.3 Å². The summed E-state index contributed by atoms with van der Waals surface area (Å²) >= 11 is 0. The second kappa shape index (κ2) is 4.97. The molecule has 2 aromatic rings. The summed E-state index contributed by atoms with van der Waals surface area (Å²) in [5.41, 5.74) is 9.02. The maximum Gasteiger partial charge on any atom is 0.134 e. The van der Waals surface area contributed by atoms with Gasteiger partial charge in [0.2, 0.25) is 0 Å². The van der Waals surface area contributed by atoms with Crippen LogP contribution in [0.2, 0.25) is 0 Å². The van der Waals surface area contributed by atoms with Crippen LogP contribution in [0.1, 0.15) is 16.7 Å². The molecule has 1 heterocycles. The molecule has 0 atom stereocenters. The molecule has 3 nitrogen and oxygen atoms in total. The van der Waals surface area contributed by atoms with Gasteiger partial charge in [-0.3, -0.25) is 4.98 Å². The minimum Gasteiger partial charge on any atom is -0.457 e. The number of benzene rings is 1. The predicted molar refractivity (Wildman–Crippen MR) is 68.1 cm³/mol. The molecule has 2 rings (SSSR count). The molecule has 0 aliphatic rings. The van der Waals surface area contributed by atoms with Crippen LogP contribution >= 0.6 is 0 Å². The third-order valence-electron chi connectivity index (χ3n) is 2.78. The van der Waals surface area contributed by atoms with Crippen molar-refractivity contribution in [2.24, 2.45) is 5.73 Å². The predicted octanol–water partition coefficient (Wildman–Crippen LogP) is 2.95. The average Bonchev–Trinajstić information content (AvgIpc) is 2.34. The van der Waals surface area contributed by atoms with Crippen molar-refractivity contribution in [3.8, 4) is 11.5 Å². The van der Waals surface area contributed by atoms with Crippen LogP contribution < -0.4 is 10.5 Å². The fourth-order valence-electron chi connectivity index (χ4n) is 1.57. The zero-order valence-electron chi connectivity index (χ0n) is 10.1. The molecule has 2 N–H and O–H groups in total. The molecule has 0 unspecified atom stereocenters. The van der Waals surface area contributed by atoms with Crippen LogP contribution in [-0.2, 0) is 6.54 Å². The number of hydrogen-bond donors (Lipinski definition) is 1. The minimum absolute atomic E-state index is 0.425. The number of nitrogens with zero attached hydrogens (tertiary/aromatic N) is 1. The Hall–Kier alpha value is -1.87. The van der Waals surface area contributed by atoms with Crippen molar-refractivity contribution in [3.05, 3.63) is 53.3 Å². The largest absolute Gasteiger partial charge is 0.457 e. The molecule has 0 fully saturated rings. The molecular formula is C14H16N2O. The zero-order chi connectivity index (χ0) is 12.3. The summed E-state index contributed by atoms with van der Waals surface area (Å²) in [6.07, 6.45) is 3.44. The van der Waals surface area contributed by atoms with Crippen molar-refractivity contribution in [2.45, 2.75) is 20.4 Å². The van der Waals surface area contributed by atoms with Crippen molar-refractivity contribution in [3.63, 3.8) is 0 Å². The van der Waals surface area contributed by atoms with Crippen molar-refractivity contribution < 1.29 is 4.74 Å². The molecule has 17 heavy (non-hydrogen) atoms. The van der Waals surface area contributed by atoms with Crippen LogP contribution in [0.4, 0.5) is 0 Å². The van der Waals surface area contributed by atoms with Gasteiger partial charge in [-0.25, -0.2) is 0 Å². The Balaban J connectivity index is 2.28. The molecule has 0 aliphatic carbocycles. The van der Waals surface area contributed by atoms with Gasteiger partial charge in [0, 0.05) is 24.5 Å². The highest BCUT2D eigenvalue weighted by molar-refractivity contribution is 5.39. The van der Waals surface area contributed by atoms with E-state index in [-0.39, 0.29) is 0 Å². The van der Waals surface area contributed by atoms with Gasteiger partial charge < -0.3 is 10.5 Å². The first-order chi connectivity index (χ1) is 8.20. The van der Waals surface area contributed by atoms with Crippen LogP contribution in [0, 0.1) is 13.8 Å². The lowest BCUT2D eigenvalue weighted by Gasteiger charge is -2.10. The number of ether oxygens (including phenoxy) is 1. The standard InChI is InChI=1S/C14H16N2O/c1-10-3-4-13(7-11(10)2)17-14-5-6-16-9-12(14)8-15/h3-7,9H,8,15H2,1-2H3. The Morgan fingerprint density at radius 2 is 2.00 bits per heavy atom. The Kier molecular flexibility index (Phi) is 3.40. The summed E-state index contributed by atoms with van der Waals surface area (Å²) in [5.74, 6) is 1.60. The van der Waals surface area contributed by atoms with Crippen molar-refractivity contribution >= 4 is 0 Å². The van der Waals surface area contributed by atoms with Gasteiger partial charge in [0.15, 0.2) is 0 Å². The number of aromatic nitrogens is 1. The molecule has 0 bridgehead atoms. The first-order valence-electron chi connectivity index (χ1n) is 5.59. The molecule has 0 radical (unpaired) electrons. The molecule has 0 spiro atoms. The number of nitrogens with two attached hydrogens (primary N) is 1. The summed E-state index contributed by atoms with van der Waals surface area (Å²) in [4.78, 5) is 4.03. The Bertz CT molecular complexity index is 523. The van der Waals surface area contributed by atoms with E-state index in [4.69, 9.17) is 10.5 Å². The molecule has 3 heteroatoms. The Labute approximate surface area is 101 Å². The first kappa shape index (κ1) is 11.6. The summed E-state index contributed by atoms with van der Waals surface area (Å²) < 4.78 is 5.82. The number of pyridine rings is 1. The molecule has 0 saturated carbocycles. The molecule has 88 valence electrons. The van der Waals surface area contributed by atoms with E-state index in [1.54, 1.807) is 12.4 Å². The number of hydrogen-bond acceptors (Lipinski definition) is 3. The van der Waals surface area contributed by atoms with E-state index in [0.717, 1.165) is 17.1 Å². The van der Waals surface area contributed by atoms with Crippen LogP contribution in [0.25, 0.3) is 0 Å². The van der Waals surface area contributed by atoms with E-state index >= 15 is 0 Å². The average molecular weight is 228 g/mol. The lowest BCUT2D eigenvalue weighted by atomic mass is 10.1. The molecule has 0 aliphatic heterocycles. The lowest BCUT2D eigenvalue weighted by molar-refractivity contribution is 0.475. The maximum atomic E-state index is 5.82. The molecule has 1 aromatic carbocycles. The van der Waals surface area contributed by atoms with E-state index in [9.17, 15) is 0 Å². The minimum atomic E-state index is 0.425. The van der Waals surface area contributed by atoms with Gasteiger partial charge in [-0.05, 0) is 43.2 Å². The monoisotopic (exact) mass is 228 g/mol. The summed E-state index contributed by atoms with van der Waals surface area (Å²) in [7, 11) is 0. The second-order valence-electron chi connectivity index (χ2n) is 4.04. The van der Waals surface area contributed by atoms with Crippen LogP contribution in [0.15, 0.2) is 36.7 Å². The SMILES string of the molecule is Cc1ccc(Oc2ccncc2CN)cc1C. The van der Waals surface area contributed by atoms with Crippen molar-refractivity contribution in [1.82, 2.24) is 4.98 Å². The molecule has 0 amide bonds. The van der Waals surface area contributed by atoms with Gasteiger partial charge >= 0.3 is 0 Å². The first-order valence-corrected chi connectivity index (χ1v) is 5.59. The van der Waals surface area contributed by atoms with Gasteiger partial charge in [-0.15, -0.1) is 0 Å². The van der Waals surface area contributed by atoms with Crippen molar-refractivity contribution in [2.75, 3.05) is 0 Å². The Morgan fingerprint density at radius 1 is 1.18 bits per heavy atom. The smallest absolute Gasteiger partial charge is 0.134 e. The quantitative estimate of drug-likeness (QED) is 0.878. The third kappa shape index (κ3) is 2.63. The van der Waals surface area contributed by atoms with E-state index in [2.05, 4.69) is 18.8 Å². The zero-order valence-corrected chi connectivity index (χ0v) is 10.1. The van der Waals surface area contributed by atoms with Gasteiger partial charge in [0.05, 0.1) is 0 Å². The fourth-order valence-corrected chi connectivity index (χ4v) is 1.57. The van der Waals surface area contributed by atoms with Crippen LogP contribution in [0.3, 0.4) is 0 Å². The van der Waals surface area contributed by atoms with Gasteiger partial charge in [0.1, 0.15) is 11.5 Å². The van der Waals surface area contributed by atoms with Gasteiger partial charge in [-0.1, -0.05) is 6.07 Å². The number of rotatable bonds is 3. The highest BCUT2D eigenvalue weighted by Gasteiger charge is 2.04. The molecular weight excluding hydrogens is 212 g/mol. The van der Waals surface area contributed by atoms with E-state index < -0.39 is 0 Å². The van der Waals surface area contributed by atoms with E-state index in [0.29, 0.717) is 6.54 Å². The maximum absolute atomic E-state index is 5.82. The normalized spacial score (nSPS) is 10.3. The number of aryl methyl sites for hydroxylation is 2. The summed E-state index contributed by atoms with van der Waals surface area (Å²) in [6.45, 7) is 4.57. The summed E-state index contributed by atoms with van der Waals surface area (Å²) in [6, 6.07) is 7.87. The molecule has 0 saturated heterocycles. The van der Waals surface area contributed by atoms with Crippen LogP contribution in [-0.4, -0.2) is 4.98 Å². The Morgan fingerprint density at radius 3 is 2.71 bits per heavy atom. The third-order valence-corrected chi connectivity index (χ3v) is 2.78. The fraction of sp³-hybridized carbons (Fsp3) is 0.214. The van der Waals surface area contributed by atoms with E-state index in [1.165, 1.54) is 11.1 Å². The van der Waals surface area contributed by atoms with Gasteiger partial charge in [0.25, 0.3) is 0 Å². The molecule has 1 aromatic heterocycles. The van der Waals surface area contributed by atoms with Crippen LogP contribution in [0.5, 0.6) is 11.5 Å². The van der Waals surface area contributed by atoms with Crippen molar-refractivity contribution in [1.29, 1.82) is 0 Å².